The summed E-state index contributed by atoms with van der Waals surface area (Å²) in [5, 5.41) is 14.0. The lowest BCUT2D eigenvalue weighted by Crippen LogP contribution is -2.35. The molecule has 1 N–H and O–H groups in total. The molecule has 0 heterocycles. The van der Waals surface area contributed by atoms with Gasteiger partial charge < -0.3 is 10.2 Å². The molecule has 0 bridgehead atoms. The van der Waals surface area contributed by atoms with Crippen LogP contribution in [0.1, 0.15) is 31.2 Å². The Morgan fingerprint density at radius 2 is 1.95 bits per heavy atom. The van der Waals surface area contributed by atoms with Crippen LogP contribution in [0, 0.1) is 10.1 Å². The topological polar surface area (TPSA) is 58.4 Å². The van der Waals surface area contributed by atoms with E-state index in [0.717, 1.165) is 31.2 Å². The number of nitrogens with zero attached hydrogens (tertiary/aromatic N) is 2. The van der Waals surface area contributed by atoms with Crippen LogP contribution in [0.15, 0.2) is 24.3 Å². The zero-order valence-corrected chi connectivity index (χ0v) is 12.0. The first kappa shape index (κ1) is 14.9. The van der Waals surface area contributed by atoms with E-state index in [9.17, 15) is 10.1 Å². The zero-order chi connectivity index (χ0) is 14.4. The lowest BCUT2D eigenvalue weighted by Gasteiger charge is -2.23. The first-order valence-electron chi connectivity index (χ1n) is 7.31. The number of hydrogen-bond acceptors (Lipinski definition) is 4. The van der Waals surface area contributed by atoms with E-state index in [4.69, 9.17) is 0 Å². The summed E-state index contributed by atoms with van der Waals surface area (Å²) in [5.74, 6) is 0. The predicted octanol–water partition coefficient (Wildman–Crippen LogP) is 2.56. The second-order valence-electron chi connectivity index (χ2n) is 5.52. The minimum atomic E-state index is -0.367. The summed E-state index contributed by atoms with van der Waals surface area (Å²) >= 11 is 0. The van der Waals surface area contributed by atoms with Crippen LogP contribution in [0.5, 0.6) is 0 Å². The van der Waals surface area contributed by atoms with Crippen LogP contribution in [0.4, 0.5) is 5.69 Å². The molecule has 1 aliphatic carbocycles. The molecule has 0 aliphatic heterocycles. The van der Waals surface area contributed by atoms with Crippen molar-refractivity contribution in [2.45, 2.75) is 38.3 Å². The van der Waals surface area contributed by atoms with Gasteiger partial charge in [0.15, 0.2) is 0 Å². The van der Waals surface area contributed by atoms with Gasteiger partial charge in [-0.05, 0) is 25.5 Å². The third-order valence-electron chi connectivity index (χ3n) is 4.07. The molecule has 0 aromatic heterocycles. The first-order valence-corrected chi connectivity index (χ1v) is 7.31. The Bertz CT molecular complexity index is 427. The van der Waals surface area contributed by atoms with Gasteiger partial charge in [-0.1, -0.05) is 25.0 Å². The fourth-order valence-corrected chi connectivity index (χ4v) is 2.75. The molecule has 1 aliphatic rings. The van der Waals surface area contributed by atoms with Crippen molar-refractivity contribution in [3.8, 4) is 0 Å². The second kappa shape index (κ2) is 7.36. The first-order chi connectivity index (χ1) is 9.66. The highest BCUT2D eigenvalue weighted by Gasteiger charge is 2.18. The van der Waals surface area contributed by atoms with Crippen molar-refractivity contribution in [1.82, 2.24) is 10.2 Å². The molecule has 110 valence electrons. The molecule has 0 unspecified atom stereocenters. The molecule has 1 aromatic carbocycles. The molecule has 1 aromatic rings. The number of benzene rings is 1. The maximum Gasteiger partial charge on any atom is 0.269 e. The summed E-state index contributed by atoms with van der Waals surface area (Å²) < 4.78 is 0. The van der Waals surface area contributed by atoms with Crippen molar-refractivity contribution < 1.29 is 4.92 Å². The predicted molar refractivity (Wildman–Crippen MR) is 79.7 cm³/mol. The molecule has 0 radical (unpaired) electrons. The number of likely N-dealkylation sites (N-methyl/N-ethyl adjacent to an activating group) is 1. The number of rotatable bonds is 7. The monoisotopic (exact) mass is 277 g/mol. The molecule has 5 heteroatoms. The highest BCUT2D eigenvalue weighted by Crippen LogP contribution is 2.21. The minimum Gasteiger partial charge on any atom is -0.311 e. The van der Waals surface area contributed by atoms with Crippen molar-refractivity contribution in [3.05, 3.63) is 39.9 Å². The van der Waals surface area contributed by atoms with Crippen molar-refractivity contribution in [2.75, 3.05) is 20.1 Å². The SMILES string of the molecule is CN(CCNCc1ccc([N+](=O)[O-])cc1)C1CCCC1. The molecule has 5 nitrogen and oxygen atoms in total. The molecule has 0 amide bonds. The van der Waals surface area contributed by atoms with Crippen molar-refractivity contribution >= 4 is 5.69 Å². The number of nitro benzene ring substituents is 1. The van der Waals surface area contributed by atoms with Crippen LogP contribution >= 0.6 is 0 Å². The van der Waals surface area contributed by atoms with Crippen LogP contribution in [0.25, 0.3) is 0 Å². The van der Waals surface area contributed by atoms with E-state index >= 15 is 0 Å². The van der Waals surface area contributed by atoms with E-state index in [0.29, 0.717) is 0 Å². The number of nitro groups is 1. The fraction of sp³-hybridized carbons (Fsp3) is 0.600. The molecule has 1 saturated carbocycles. The summed E-state index contributed by atoms with van der Waals surface area (Å²) in [4.78, 5) is 12.6. The van der Waals surface area contributed by atoms with Crippen LogP contribution in [-0.2, 0) is 6.54 Å². The van der Waals surface area contributed by atoms with Gasteiger partial charge in [0.1, 0.15) is 0 Å². The zero-order valence-electron chi connectivity index (χ0n) is 12.0. The Labute approximate surface area is 120 Å². The Balaban J connectivity index is 1.66. The van der Waals surface area contributed by atoms with Crippen LogP contribution < -0.4 is 5.32 Å². The minimum absolute atomic E-state index is 0.148. The normalized spacial score (nSPS) is 15.9. The quantitative estimate of drug-likeness (QED) is 0.473. The van der Waals surface area contributed by atoms with Gasteiger partial charge in [-0.15, -0.1) is 0 Å². The van der Waals surface area contributed by atoms with Gasteiger partial charge in [-0.25, -0.2) is 0 Å². The average Bonchev–Trinajstić information content (AvgIpc) is 2.98. The molecule has 0 spiro atoms. The van der Waals surface area contributed by atoms with E-state index in [1.807, 2.05) is 12.1 Å². The van der Waals surface area contributed by atoms with Crippen LogP contribution in [0.3, 0.4) is 0 Å². The maximum atomic E-state index is 10.6. The van der Waals surface area contributed by atoms with E-state index < -0.39 is 0 Å². The van der Waals surface area contributed by atoms with Crippen molar-refractivity contribution in [3.63, 3.8) is 0 Å². The van der Waals surface area contributed by atoms with E-state index in [1.54, 1.807) is 12.1 Å². The summed E-state index contributed by atoms with van der Waals surface area (Å²) in [6.07, 6.45) is 5.40. The molecule has 0 atom stereocenters. The van der Waals surface area contributed by atoms with Crippen molar-refractivity contribution in [1.29, 1.82) is 0 Å². The Hall–Kier alpha value is -1.46. The second-order valence-corrected chi connectivity index (χ2v) is 5.52. The fourth-order valence-electron chi connectivity index (χ4n) is 2.75. The van der Waals surface area contributed by atoms with Crippen LogP contribution in [0.2, 0.25) is 0 Å². The molecular weight excluding hydrogens is 254 g/mol. The van der Waals surface area contributed by atoms with E-state index in [2.05, 4.69) is 17.3 Å². The van der Waals surface area contributed by atoms with Gasteiger partial charge in [0.05, 0.1) is 4.92 Å². The van der Waals surface area contributed by atoms with Crippen molar-refractivity contribution in [2.24, 2.45) is 0 Å². The van der Waals surface area contributed by atoms with Crippen LogP contribution in [-0.4, -0.2) is 36.0 Å². The van der Waals surface area contributed by atoms with Gasteiger partial charge in [-0.3, -0.25) is 10.1 Å². The summed E-state index contributed by atoms with van der Waals surface area (Å²) in [6, 6.07) is 7.50. The van der Waals surface area contributed by atoms with Gasteiger partial charge in [0.25, 0.3) is 5.69 Å². The van der Waals surface area contributed by atoms with Gasteiger partial charge in [-0.2, -0.15) is 0 Å². The molecule has 2 rings (SSSR count). The number of non-ortho nitro benzene ring substituents is 1. The highest BCUT2D eigenvalue weighted by molar-refractivity contribution is 5.32. The summed E-state index contributed by atoms with van der Waals surface area (Å²) in [5.41, 5.74) is 1.23. The molecule has 20 heavy (non-hydrogen) atoms. The van der Waals surface area contributed by atoms with E-state index in [1.165, 1.54) is 25.7 Å². The third-order valence-corrected chi connectivity index (χ3v) is 4.07. The standard InChI is InChI=1S/C15H23N3O2/c1-17(14-4-2-3-5-14)11-10-16-12-13-6-8-15(9-7-13)18(19)20/h6-9,14,16H,2-5,10-12H2,1H3. The largest absolute Gasteiger partial charge is 0.311 e. The molecule has 1 fully saturated rings. The molecular formula is C15H23N3O2. The Kier molecular flexibility index (Phi) is 5.49. The number of hydrogen-bond donors (Lipinski definition) is 1. The smallest absolute Gasteiger partial charge is 0.269 e. The average molecular weight is 277 g/mol. The summed E-state index contributed by atoms with van der Waals surface area (Å²) in [7, 11) is 2.20. The lowest BCUT2D eigenvalue weighted by molar-refractivity contribution is -0.384. The third kappa shape index (κ3) is 4.28. The molecule has 0 saturated heterocycles. The summed E-state index contributed by atoms with van der Waals surface area (Å²) in [6.45, 7) is 2.76. The lowest BCUT2D eigenvalue weighted by atomic mass is 10.2. The Morgan fingerprint density at radius 1 is 1.30 bits per heavy atom. The van der Waals surface area contributed by atoms with Gasteiger partial charge in [0.2, 0.25) is 0 Å². The van der Waals surface area contributed by atoms with Gasteiger partial charge >= 0.3 is 0 Å². The van der Waals surface area contributed by atoms with Gasteiger partial charge in [0, 0.05) is 37.8 Å². The maximum absolute atomic E-state index is 10.6. The highest BCUT2D eigenvalue weighted by atomic mass is 16.6. The van der Waals surface area contributed by atoms with E-state index in [-0.39, 0.29) is 10.6 Å². The number of nitrogens with one attached hydrogen (secondary N) is 1. The Morgan fingerprint density at radius 3 is 2.55 bits per heavy atom.